The number of pyridine rings is 1. The van der Waals surface area contributed by atoms with Gasteiger partial charge in [0, 0.05) is 17.3 Å². The molecule has 240 valence electrons. The van der Waals surface area contributed by atoms with Gasteiger partial charge >= 0.3 is 18.4 Å². The topological polar surface area (TPSA) is 115 Å². The molecule has 1 aliphatic rings. The van der Waals surface area contributed by atoms with E-state index in [-0.39, 0.29) is 45.1 Å². The minimum absolute atomic E-state index is 0.0170. The van der Waals surface area contributed by atoms with Gasteiger partial charge in [-0.15, -0.1) is 5.10 Å². The Kier molecular flexibility index (Phi) is 9.11. The molecule has 0 unspecified atom stereocenters. The maximum Gasteiger partial charge on any atom is 0.417 e. The third kappa shape index (κ3) is 7.68. The fraction of sp³-hybridized carbons (Fsp3) is 0.214. The van der Waals surface area contributed by atoms with Crippen LogP contribution in [0.1, 0.15) is 16.7 Å². The van der Waals surface area contributed by atoms with Gasteiger partial charge < -0.3 is 10.1 Å². The molecule has 5 rings (SSSR count). The van der Waals surface area contributed by atoms with Crippen LogP contribution in [0.25, 0.3) is 17.2 Å². The summed E-state index contributed by atoms with van der Waals surface area (Å²) in [6.45, 7) is -0.251. The molecule has 2 aromatic carbocycles. The molecule has 1 saturated heterocycles. The zero-order chi connectivity index (χ0) is 33.2. The molecule has 3 heterocycles. The van der Waals surface area contributed by atoms with Crippen molar-refractivity contribution in [1.82, 2.24) is 19.7 Å². The lowest BCUT2D eigenvalue weighted by Crippen LogP contribution is -2.31. The van der Waals surface area contributed by atoms with Crippen molar-refractivity contribution in [2.24, 2.45) is 4.99 Å². The molecule has 0 radical (unpaired) electrons. The predicted octanol–water partition coefficient (Wildman–Crippen LogP) is 6.54. The summed E-state index contributed by atoms with van der Waals surface area (Å²) in [4.78, 5) is 38.2. The van der Waals surface area contributed by atoms with E-state index in [0.717, 1.165) is 39.5 Å². The summed E-state index contributed by atoms with van der Waals surface area (Å²) < 4.78 is 97.1. The van der Waals surface area contributed by atoms with Crippen LogP contribution in [-0.4, -0.2) is 55.4 Å². The Morgan fingerprint density at radius 1 is 1.07 bits per heavy atom. The number of alkyl halides is 6. The highest BCUT2D eigenvalue weighted by Crippen LogP contribution is 2.32. The maximum atomic E-state index is 15.0. The van der Waals surface area contributed by atoms with Gasteiger partial charge in [0.2, 0.25) is 5.91 Å². The number of anilines is 2. The number of amidine groups is 1. The fourth-order valence-electron chi connectivity index (χ4n) is 4.19. The number of carbonyl (C=O) groups excluding carboxylic acids is 2. The number of nitrogens with one attached hydrogen (secondary N) is 1. The smallest absolute Gasteiger partial charge is 0.367 e. The van der Waals surface area contributed by atoms with Gasteiger partial charge in [-0.25, -0.2) is 23.8 Å². The third-order valence-electron chi connectivity index (χ3n) is 6.23. The zero-order valence-electron chi connectivity index (χ0n) is 23.4. The van der Waals surface area contributed by atoms with Crippen LogP contribution in [0.2, 0.25) is 0 Å². The number of hydrogen-bond acceptors (Lipinski definition) is 7. The Labute approximate surface area is 259 Å². The molecule has 0 saturated carbocycles. The fourth-order valence-corrected chi connectivity index (χ4v) is 5.05. The summed E-state index contributed by atoms with van der Waals surface area (Å²) >= 11 is 0.911. The largest absolute Gasteiger partial charge is 0.417 e. The van der Waals surface area contributed by atoms with Gasteiger partial charge in [-0.05, 0) is 43.3 Å². The van der Waals surface area contributed by atoms with E-state index in [9.17, 15) is 40.3 Å². The van der Waals surface area contributed by atoms with Crippen molar-refractivity contribution in [3.63, 3.8) is 0 Å². The van der Waals surface area contributed by atoms with Crippen molar-refractivity contribution < 1.29 is 45.1 Å². The Bertz CT molecular complexity index is 1810. The van der Waals surface area contributed by atoms with E-state index < -0.39 is 48.9 Å². The number of thioether (sulfide) groups is 1. The van der Waals surface area contributed by atoms with Crippen LogP contribution in [-0.2, 0) is 22.3 Å². The molecule has 2 aromatic heterocycles. The molecule has 1 fully saturated rings. The Morgan fingerprint density at radius 3 is 2.52 bits per heavy atom. The van der Waals surface area contributed by atoms with Gasteiger partial charge in [0.05, 0.1) is 29.3 Å². The highest BCUT2D eigenvalue weighted by Gasteiger charge is 2.33. The van der Waals surface area contributed by atoms with Crippen LogP contribution in [0.3, 0.4) is 0 Å². The average Bonchev–Trinajstić information content (AvgIpc) is 3.61. The van der Waals surface area contributed by atoms with E-state index in [2.05, 4.69) is 25.4 Å². The average molecular weight is 668 g/mol. The Morgan fingerprint density at radius 2 is 1.85 bits per heavy atom. The molecule has 18 heteroatoms. The van der Waals surface area contributed by atoms with E-state index in [4.69, 9.17) is 4.74 Å². The van der Waals surface area contributed by atoms with E-state index in [1.807, 2.05) is 0 Å². The minimum atomic E-state index is -4.56. The molecule has 0 spiro atoms. The standard InChI is InChI=1S/C28H20F7N7O3S/c1-15-2-6-21(17(8-15)11-45-13-27(30,31)32)42-23(43)12-46-26(42)39-25(44)38-20-5-3-16(9-19(20)29)24-37-14-41(40-24)22-7-4-18(10-36-22)28(33,34)35/h2-10,14H,11-13H2,1H3,(H,38,44)/b39-26-. The number of carbonyl (C=O) groups is 2. The maximum absolute atomic E-state index is 15.0. The molecule has 4 aromatic rings. The van der Waals surface area contributed by atoms with Crippen LogP contribution in [0.15, 0.2) is 66.0 Å². The number of aryl methyl sites for hydroxylation is 1. The number of amides is 3. The monoisotopic (exact) mass is 667 g/mol. The number of hydrogen-bond donors (Lipinski definition) is 1. The number of ether oxygens (including phenoxy) is 1. The molecule has 10 nitrogen and oxygen atoms in total. The Hall–Kier alpha value is -4.84. The lowest BCUT2D eigenvalue weighted by atomic mass is 10.1. The van der Waals surface area contributed by atoms with Gasteiger partial charge in [-0.2, -0.15) is 31.3 Å². The molecule has 0 atom stereocenters. The van der Waals surface area contributed by atoms with Crippen LogP contribution in [0.4, 0.5) is 46.9 Å². The molecule has 1 aliphatic heterocycles. The van der Waals surface area contributed by atoms with Crippen LogP contribution in [0.5, 0.6) is 0 Å². The lowest BCUT2D eigenvalue weighted by molar-refractivity contribution is -0.176. The number of nitrogens with zero attached hydrogens (tertiary/aromatic N) is 6. The Balaban J connectivity index is 1.30. The first-order valence-corrected chi connectivity index (χ1v) is 14.0. The van der Waals surface area contributed by atoms with Crippen LogP contribution < -0.4 is 10.2 Å². The molecule has 0 aliphatic carbocycles. The summed E-state index contributed by atoms with van der Waals surface area (Å²) in [6.07, 6.45) is -7.28. The second-order valence-corrected chi connectivity index (χ2v) is 10.6. The molecule has 46 heavy (non-hydrogen) atoms. The quantitative estimate of drug-likeness (QED) is 0.223. The predicted molar refractivity (Wildman–Crippen MR) is 153 cm³/mol. The SMILES string of the molecule is Cc1ccc(N2C(=O)CS/C2=N\C(=O)Nc2ccc(-c3ncn(-c4ccc(C(F)(F)F)cn4)n3)cc2F)c(COCC(F)(F)F)c1. The second-order valence-electron chi connectivity index (χ2n) is 9.69. The van der Waals surface area contributed by atoms with Gasteiger partial charge in [0.15, 0.2) is 16.8 Å². The van der Waals surface area contributed by atoms with Crippen LogP contribution >= 0.6 is 11.8 Å². The molecular formula is C28H20F7N7O3S. The first kappa shape index (κ1) is 32.6. The van der Waals surface area contributed by atoms with Crippen molar-refractivity contribution in [3.8, 4) is 17.2 Å². The summed E-state index contributed by atoms with van der Waals surface area (Å²) in [7, 11) is 0. The molecular weight excluding hydrogens is 647 g/mol. The van der Waals surface area contributed by atoms with E-state index in [1.165, 1.54) is 24.5 Å². The summed E-state index contributed by atoms with van der Waals surface area (Å²) in [5, 5.41) is 6.31. The first-order chi connectivity index (χ1) is 21.7. The van der Waals surface area contributed by atoms with E-state index in [1.54, 1.807) is 19.1 Å². The zero-order valence-corrected chi connectivity index (χ0v) is 24.2. The summed E-state index contributed by atoms with van der Waals surface area (Å²) in [5.41, 5.74) is 0.0987. The van der Waals surface area contributed by atoms with Crippen molar-refractivity contribution >= 4 is 40.2 Å². The number of urea groups is 1. The van der Waals surface area contributed by atoms with E-state index >= 15 is 0 Å². The van der Waals surface area contributed by atoms with E-state index in [0.29, 0.717) is 11.8 Å². The number of aliphatic imine (C=N–C) groups is 1. The number of rotatable bonds is 7. The second kappa shape index (κ2) is 12.9. The summed E-state index contributed by atoms with van der Waals surface area (Å²) in [6, 6.07) is 9.18. The number of benzene rings is 2. The highest BCUT2D eigenvalue weighted by molar-refractivity contribution is 8.15. The van der Waals surface area contributed by atoms with Gasteiger partial charge in [-0.3, -0.25) is 9.69 Å². The first-order valence-electron chi connectivity index (χ1n) is 13.0. The third-order valence-corrected chi connectivity index (χ3v) is 7.16. The van der Waals surface area contributed by atoms with Crippen molar-refractivity contribution in [1.29, 1.82) is 0 Å². The lowest BCUT2D eigenvalue weighted by Gasteiger charge is -2.20. The van der Waals surface area contributed by atoms with Crippen molar-refractivity contribution in [2.45, 2.75) is 25.9 Å². The number of halogens is 7. The summed E-state index contributed by atoms with van der Waals surface area (Å²) in [5.74, 6) is -1.42. The van der Waals surface area contributed by atoms with Gasteiger partial charge in [0.1, 0.15) is 18.8 Å². The number of aromatic nitrogens is 4. The van der Waals surface area contributed by atoms with Crippen LogP contribution in [0, 0.1) is 12.7 Å². The van der Waals surface area contributed by atoms with Crippen molar-refractivity contribution in [3.05, 3.63) is 83.6 Å². The molecule has 3 amide bonds. The molecule has 1 N–H and O–H groups in total. The minimum Gasteiger partial charge on any atom is -0.367 e. The van der Waals surface area contributed by atoms with Gasteiger partial charge in [0.25, 0.3) is 0 Å². The van der Waals surface area contributed by atoms with Crippen molar-refractivity contribution in [2.75, 3.05) is 22.6 Å². The normalized spacial score (nSPS) is 14.7. The van der Waals surface area contributed by atoms with Gasteiger partial charge in [-0.1, -0.05) is 29.5 Å². The molecule has 0 bridgehead atoms. The highest BCUT2D eigenvalue weighted by atomic mass is 32.2.